The van der Waals surface area contributed by atoms with Crippen LogP contribution in [0.25, 0.3) is 43.8 Å². The van der Waals surface area contributed by atoms with Crippen molar-refractivity contribution in [1.82, 2.24) is 0 Å². The van der Waals surface area contributed by atoms with E-state index in [9.17, 15) is 0 Å². The Kier molecular flexibility index (Phi) is 15.7. The van der Waals surface area contributed by atoms with Gasteiger partial charge < -0.3 is 6.92 Å². The minimum absolute atomic E-state index is 0.141. The van der Waals surface area contributed by atoms with Gasteiger partial charge in [-0.25, -0.2) is 0 Å². The molecule has 0 aliphatic carbocycles. The van der Waals surface area contributed by atoms with E-state index in [1.54, 1.807) is 6.92 Å². The van der Waals surface area contributed by atoms with E-state index in [4.69, 9.17) is 17.0 Å². The second kappa shape index (κ2) is 18.4. The zero-order valence-electron chi connectivity index (χ0n) is 37.0. The Hall–Kier alpha value is -2.44. The molecule has 0 nitrogen and oxygen atoms in total. The fourth-order valence-corrected chi connectivity index (χ4v) is 6.98. The molecule has 0 N–H and O–H groups in total. The Balaban J connectivity index is 0.000000265. The molecular weight excluding hydrogens is 787 g/mol. The molecule has 3 heteroatoms. The third kappa shape index (κ3) is 11.8. The van der Waals surface area contributed by atoms with Gasteiger partial charge in [-0.15, -0.1) is 68.1 Å². The average Bonchev–Trinajstić information content (AvgIpc) is 3.68. The Morgan fingerprint density at radius 3 is 0.927 bits per heavy atom. The number of hydrogen-bond acceptors (Lipinski definition) is 0. The van der Waals surface area contributed by atoms with Gasteiger partial charge in [0.15, 0.2) is 0 Å². The van der Waals surface area contributed by atoms with Gasteiger partial charge in [0, 0.05) is 0 Å². The SMILES string of the molecule is Cc1cc2c(-c3cc(C(C)(C)C)cc(C(C)(C)C)c3)ccc(C)c2[cH-]1.Cc1cc2c(-c3cc(C(C)(C)C)cc(C(C)(C)C)c3)ccc(C)c2[cH-]1.[CH2-]C.[Cl][Zr][Cl]. The number of hydrogen-bond donors (Lipinski definition) is 0. The molecule has 0 atom stereocenters. The summed E-state index contributed by atoms with van der Waals surface area (Å²) in [5, 5.41) is 5.52. The van der Waals surface area contributed by atoms with Crippen molar-refractivity contribution in [1.29, 1.82) is 0 Å². The summed E-state index contributed by atoms with van der Waals surface area (Å²) in [5.41, 5.74) is 17.0. The maximum atomic E-state index is 4.93. The topological polar surface area (TPSA) is 0 Å². The fourth-order valence-electron chi connectivity index (χ4n) is 6.98. The Bertz CT molecular complexity index is 1970. The van der Waals surface area contributed by atoms with Crippen LogP contribution in [-0.2, 0) is 42.5 Å². The molecule has 0 radical (unpaired) electrons. The standard InChI is InChI=1S/2C25H31.C2H5.2ClH.Zr/c2*1-16-11-22-17(2)9-10-21(23(22)12-16)18-13-19(24(3,4)5)15-20(14-18)25(6,7)8;1-2;;;/h2*9-15H,1-8H3;1H2,2H3;2*1H;/q3*-1;;;+2/p-2. The van der Waals surface area contributed by atoms with Crippen LogP contribution >= 0.6 is 17.0 Å². The minimum atomic E-state index is -0.826. The van der Waals surface area contributed by atoms with E-state index in [0.717, 1.165) is 0 Å². The molecular formula is C52H67Cl2Zr-3. The van der Waals surface area contributed by atoms with Crippen molar-refractivity contribution in [3.63, 3.8) is 0 Å². The summed E-state index contributed by atoms with van der Waals surface area (Å²) in [5.74, 6) is 0. The quantitative estimate of drug-likeness (QED) is 0.152. The van der Waals surface area contributed by atoms with Crippen LogP contribution in [0.1, 0.15) is 135 Å². The number of halogens is 2. The molecule has 6 rings (SSSR count). The van der Waals surface area contributed by atoms with Gasteiger partial charge in [-0.1, -0.05) is 170 Å². The molecule has 0 unspecified atom stereocenters. The van der Waals surface area contributed by atoms with Crippen LogP contribution in [0.15, 0.2) is 84.9 Å². The predicted molar refractivity (Wildman–Crippen MR) is 246 cm³/mol. The molecule has 296 valence electrons. The van der Waals surface area contributed by atoms with Gasteiger partial charge in [-0.3, -0.25) is 0 Å². The normalized spacial score (nSPS) is 12.0. The summed E-state index contributed by atoms with van der Waals surface area (Å²) >= 11 is -0.826. The van der Waals surface area contributed by atoms with Crippen LogP contribution in [0.2, 0.25) is 0 Å². The first kappa shape index (κ1) is 46.9. The zero-order valence-corrected chi connectivity index (χ0v) is 41.0. The molecule has 0 fully saturated rings. The molecule has 0 amide bonds. The summed E-state index contributed by atoms with van der Waals surface area (Å²) in [4.78, 5) is 0. The van der Waals surface area contributed by atoms with Gasteiger partial charge in [0.1, 0.15) is 0 Å². The molecule has 6 aromatic rings. The van der Waals surface area contributed by atoms with Gasteiger partial charge in [0.25, 0.3) is 0 Å². The van der Waals surface area contributed by atoms with Gasteiger partial charge >= 0.3 is 37.9 Å². The Labute approximate surface area is 354 Å². The predicted octanol–water partition coefficient (Wildman–Crippen LogP) is 17.1. The van der Waals surface area contributed by atoms with Crippen LogP contribution in [0.5, 0.6) is 0 Å². The van der Waals surface area contributed by atoms with Gasteiger partial charge in [0.2, 0.25) is 0 Å². The summed E-state index contributed by atoms with van der Waals surface area (Å²) in [7, 11) is 9.87. The molecule has 0 saturated heterocycles. The summed E-state index contributed by atoms with van der Waals surface area (Å²) < 4.78 is 0. The first-order chi connectivity index (χ1) is 25.3. The van der Waals surface area contributed by atoms with E-state index < -0.39 is 20.8 Å². The first-order valence-corrected chi connectivity index (χ1v) is 26.0. The summed E-state index contributed by atoms with van der Waals surface area (Å²) in [6.45, 7) is 41.4. The molecule has 0 spiro atoms. The molecule has 0 aliphatic rings. The third-order valence-corrected chi connectivity index (χ3v) is 10.5. The van der Waals surface area contributed by atoms with Crippen molar-refractivity contribution >= 4 is 38.6 Å². The Morgan fingerprint density at radius 1 is 0.436 bits per heavy atom. The van der Waals surface area contributed by atoms with E-state index in [1.165, 1.54) is 88.3 Å². The summed E-state index contributed by atoms with van der Waals surface area (Å²) in [6.07, 6.45) is 0. The van der Waals surface area contributed by atoms with E-state index in [0.29, 0.717) is 0 Å². The van der Waals surface area contributed by atoms with Crippen LogP contribution in [0, 0.1) is 34.6 Å². The van der Waals surface area contributed by atoms with Crippen molar-refractivity contribution in [2.75, 3.05) is 0 Å². The molecule has 55 heavy (non-hydrogen) atoms. The van der Waals surface area contributed by atoms with Crippen LogP contribution in [-0.4, -0.2) is 0 Å². The molecule has 0 aliphatic heterocycles. The number of benzene rings is 4. The van der Waals surface area contributed by atoms with Crippen LogP contribution < -0.4 is 0 Å². The second-order valence-electron chi connectivity index (χ2n) is 19.2. The van der Waals surface area contributed by atoms with E-state index >= 15 is 0 Å². The second-order valence-corrected chi connectivity index (χ2v) is 23.0. The van der Waals surface area contributed by atoms with Gasteiger partial charge in [-0.05, 0) is 55.0 Å². The van der Waals surface area contributed by atoms with Gasteiger partial charge in [-0.2, -0.15) is 19.1 Å². The number of rotatable bonds is 2. The summed E-state index contributed by atoms with van der Waals surface area (Å²) in [6, 6.07) is 32.8. The van der Waals surface area contributed by atoms with Crippen molar-refractivity contribution in [2.45, 2.75) is 139 Å². The average molecular weight is 854 g/mol. The van der Waals surface area contributed by atoms with Crippen molar-refractivity contribution in [2.24, 2.45) is 0 Å². The molecule has 0 aromatic heterocycles. The van der Waals surface area contributed by atoms with E-state index in [1.807, 2.05) is 0 Å². The Morgan fingerprint density at radius 2 is 0.691 bits per heavy atom. The van der Waals surface area contributed by atoms with Crippen LogP contribution in [0.4, 0.5) is 0 Å². The molecule has 0 saturated carbocycles. The van der Waals surface area contributed by atoms with E-state index in [2.05, 4.69) is 203 Å². The van der Waals surface area contributed by atoms with Crippen molar-refractivity contribution in [3.05, 3.63) is 136 Å². The maximum absolute atomic E-state index is 4.93. The molecule has 0 heterocycles. The third-order valence-electron chi connectivity index (χ3n) is 10.5. The zero-order chi connectivity index (χ0) is 41.8. The number of fused-ring (bicyclic) bond motifs is 2. The van der Waals surface area contributed by atoms with Crippen molar-refractivity contribution in [3.8, 4) is 22.3 Å². The van der Waals surface area contributed by atoms with Gasteiger partial charge in [0.05, 0.1) is 0 Å². The monoisotopic (exact) mass is 851 g/mol. The van der Waals surface area contributed by atoms with Crippen LogP contribution in [0.3, 0.4) is 0 Å². The van der Waals surface area contributed by atoms with E-state index in [-0.39, 0.29) is 21.7 Å². The molecule has 6 aromatic carbocycles. The first-order valence-electron chi connectivity index (χ1n) is 19.7. The fraction of sp³-hybridized carbons (Fsp3) is 0.404. The van der Waals surface area contributed by atoms with Crippen molar-refractivity contribution < 1.29 is 20.8 Å². The number of aryl methyl sites for hydroxylation is 4. The molecule has 0 bridgehead atoms.